The highest BCUT2D eigenvalue weighted by molar-refractivity contribution is 6.01. The average Bonchev–Trinajstić information content (AvgIpc) is 2.74. The molecule has 0 aromatic carbocycles. The van der Waals surface area contributed by atoms with Gasteiger partial charge >= 0.3 is 11.9 Å². The van der Waals surface area contributed by atoms with Gasteiger partial charge in [-0.15, -0.1) is 0 Å². The molecule has 1 heterocycles. The van der Waals surface area contributed by atoms with E-state index in [2.05, 4.69) is 4.74 Å². The Balaban J connectivity index is 2.31. The molecule has 0 unspecified atom stereocenters. The first kappa shape index (κ1) is 9.24. The maximum atomic E-state index is 11.4. The highest BCUT2D eigenvalue weighted by Gasteiger charge is 2.48. The van der Waals surface area contributed by atoms with Crippen LogP contribution in [0.1, 0.15) is 25.7 Å². The van der Waals surface area contributed by atoms with E-state index in [4.69, 9.17) is 4.74 Å². The van der Waals surface area contributed by atoms with Gasteiger partial charge in [0.1, 0.15) is 5.60 Å². The topological polar surface area (TPSA) is 52.6 Å². The summed E-state index contributed by atoms with van der Waals surface area (Å²) < 4.78 is 9.84. The molecule has 0 atom stereocenters. The number of hydrogen-bond donors (Lipinski definition) is 0. The van der Waals surface area contributed by atoms with Crippen LogP contribution >= 0.6 is 0 Å². The van der Waals surface area contributed by atoms with Gasteiger partial charge in [-0.05, 0) is 25.7 Å². The fraction of sp³-hybridized carbons (Fsp3) is 0.600. The first-order valence-electron chi connectivity index (χ1n) is 4.71. The van der Waals surface area contributed by atoms with Crippen molar-refractivity contribution in [3.05, 3.63) is 11.6 Å². The molecular weight excluding hydrogens is 184 g/mol. The fourth-order valence-corrected chi connectivity index (χ4v) is 2.20. The Morgan fingerprint density at radius 2 is 2.14 bits per heavy atom. The number of rotatable bonds is 1. The molecule has 0 N–H and O–H groups in total. The molecule has 4 nitrogen and oxygen atoms in total. The molecule has 0 saturated heterocycles. The van der Waals surface area contributed by atoms with Gasteiger partial charge in [-0.2, -0.15) is 0 Å². The minimum Gasteiger partial charge on any atom is -0.466 e. The molecule has 1 aliphatic heterocycles. The molecular formula is C10H12O4. The molecule has 1 aliphatic carbocycles. The second kappa shape index (κ2) is 3.12. The standard InChI is InChI=1S/C10H12O4/c1-13-9(12)7-6-8(11)14-10(7)4-2-3-5-10/h6H,2-5H2,1H3. The second-order valence-corrected chi connectivity index (χ2v) is 3.67. The number of hydrogen-bond acceptors (Lipinski definition) is 4. The van der Waals surface area contributed by atoms with Crippen LogP contribution in [0.5, 0.6) is 0 Å². The minimum atomic E-state index is -0.663. The lowest BCUT2D eigenvalue weighted by molar-refractivity contribution is -0.147. The monoisotopic (exact) mass is 196 g/mol. The van der Waals surface area contributed by atoms with E-state index in [1.165, 1.54) is 13.2 Å². The zero-order valence-electron chi connectivity index (χ0n) is 8.04. The molecule has 76 valence electrons. The third kappa shape index (κ3) is 1.22. The molecule has 1 fully saturated rings. The van der Waals surface area contributed by atoms with Crippen molar-refractivity contribution in [2.45, 2.75) is 31.3 Å². The Hall–Kier alpha value is -1.32. The summed E-state index contributed by atoms with van der Waals surface area (Å²) in [5, 5.41) is 0. The molecule has 0 aromatic heterocycles. The van der Waals surface area contributed by atoms with Crippen molar-refractivity contribution in [3.63, 3.8) is 0 Å². The molecule has 0 bridgehead atoms. The fourth-order valence-electron chi connectivity index (χ4n) is 2.20. The summed E-state index contributed by atoms with van der Waals surface area (Å²) in [4.78, 5) is 22.5. The van der Waals surface area contributed by atoms with E-state index in [9.17, 15) is 9.59 Å². The van der Waals surface area contributed by atoms with Crippen LogP contribution in [0.15, 0.2) is 11.6 Å². The molecule has 4 heteroatoms. The normalized spacial score (nSPS) is 23.5. The number of carbonyl (C=O) groups is 2. The summed E-state index contributed by atoms with van der Waals surface area (Å²) in [7, 11) is 1.31. The predicted octanol–water partition coefficient (Wildman–Crippen LogP) is 0.955. The van der Waals surface area contributed by atoms with Gasteiger partial charge in [0.2, 0.25) is 0 Å². The van der Waals surface area contributed by atoms with Gasteiger partial charge in [0, 0.05) is 6.08 Å². The van der Waals surface area contributed by atoms with Gasteiger partial charge in [0.15, 0.2) is 0 Å². The van der Waals surface area contributed by atoms with Crippen LogP contribution in [0, 0.1) is 0 Å². The smallest absolute Gasteiger partial charge is 0.338 e. The second-order valence-electron chi connectivity index (χ2n) is 3.67. The van der Waals surface area contributed by atoms with Crippen molar-refractivity contribution in [1.82, 2.24) is 0 Å². The molecule has 1 saturated carbocycles. The van der Waals surface area contributed by atoms with Gasteiger partial charge in [-0.1, -0.05) is 0 Å². The lowest BCUT2D eigenvalue weighted by Gasteiger charge is -2.24. The summed E-state index contributed by atoms with van der Waals surface area (Å²) >= 11 is 0. The Kier molecular flexibility index (Phi) is 2.06. The van der Waals surface area contributed by atoms with Crippen molar-refractivity contribution in [2.75, 3.05) is 7.11 Å². The molecule has 14 heavy (non-hydrogen) atoms. The van der Waals surface area contributed by atoms with E-state index in [-0.39, 0.29) is 0 Å². The van der Waals surface area contributed by atoms with Gasteiger partial charge in [0.05, 0.1) is 12.7 Å². The van der Waals surface area contributed by atoms with Crippen LogP contribution in [-0.2, 0) is 19.1 Å². The van der Waals surface area contributed by atoms with Gasteiger partial charge in [-0.25, -0.2) is 9.59 Å². The van der Waals surface area contributed by atoms with Gasteiger partial charge in [0.25, 0.3) is 0 Å². The van der Waals surface area contributed by atoms with Crippen LogP contribution < -0.4 is 0 Å². The van der Waals surface area contributed by atoms with E-state index < -0.39 is 17.5 Å². The quantitative estimate of drug-likeness (QED) is 0.586. The summed E-state index contributed by atoms with van der Waals surface area (Å²) in [6.07, 6.45) is 4.71. The largest absolute Gasteiger partial charge is 0.466 e. The number of ether oxygens (including phenoxy) is 2. The van der Waals surface area contributed by atoms with E-state index in [1.807, 2.05) is 0 Å². The minimum absolute atomic E-state index is 0.391. The maximum absolute atomic E-state index is 11.4. The predicted molar refractivity (Wildman–Crippen MR) is 47.4 cm³/mol. The lowest BCUT2D eigenvalue weighted by atomic mass is 9.93. The zero-order chi connectivity index (χ0) is 10.2. The van der Waals surface area contributed by atoms with Crippen molar-refractivity contribution in [2.24, 2.45) is 0 Å². The molecule has 0 radical (unpaired) electrons. The number of carbonyl (C=O) groups excluding carboxylic acids is 2. The van der Waals surface area contributed by atoms with E-state index in [0.29, 0.717) is 5.57 Å². The average molecular weight is 196 g/mol. The third-order valence-electron chi connectivity index (χ3n) is 2.87. The molecule has 2 rings (SSSR count). The summed E-state index contributed by atoms with van der Waals surface area (Å²) in [5.41, 5.74) is -0.271. The van der Waals surface area contributed by atoms with Gasteiger partial charge < -0.3 is 9.47 Å². The molecule has 0 amide bonds. The van der Waals surface area contributed by atoms with Crippen LogP contribution in [-0.4, -0.2) is 24.6 Å². The Bertz CT molecular complexity index is 310. The van der Waals surface area contributed by atoms with Crippen LogP contribution in [0.2, 0.25) is 0 Å². The van der Waals surface area contributed by atoms with Crippen molar-refractivity contribution in [3.8, 4) is 0 Å². The maximum Gasteiger partial charge on any atom is 0.338 e. The van der Waals surface area contributed by atoms with Crippen molar-refractivity contribution < 1.29 is 19.1 Å². The SMILES string of the molecule is COC(=O)C1=CC(=O)OC12CCCC2. The highest BCUT2D eigenvalue weighted by Crippen LogP contribution is 2.42. The Morgan fingerprint density at radius 3 is 2.71 bits per heavy atom. The van der Waals surface area contributed by atoms with Crippen LogP contribution in [0.3, 0.4) is 0 Å². The number of methoxy groups -OCH3 is 1. The molecule has 1 spiro atoms. The number of esters is 2. The first-order valence-corrected chi connectivity index (χ1v) is 4.71. The summed E-state index contributed by atoms with van der Waals surface area (Å²) in [6, 6.07) is 0. The highest BCUT2D eigenvalue weighted by atomic mass is 16.6. The molecule has 0 aromatic rings. The van der Waals surface area contributed by atoms with Crippen LogP contribution in [0.4, 0.5) is 0 Å². The van der Waals surface area contributed by atoms with E-state index >= 15 is 0 Å². The zero-order valence-corrected chi connectivity index (χ0v) is 8.04. The van der Waals surface area contributed by atoms with E-state index in [1.54, 1.807) is 0 Å². The third-order valence-corrected chi connectivity index (χ3v) is 2.87. The molecule has 2 aliphatic rings. The van der Waals surface area contributed by atoms with Gasteiger partial charge in [-0.3, -0.25) is 0 Å². The Morgan fingerprint density at radius 1 is 1.50 bits per heavy atom. The van der Waals surface area contributed by atoms with E-state index in [0.717, 1.165) is 25.7 Å². The van der Waals surface area contributed by atoms with Crippen molar-refractivity contribution in [1.29, 1.82) is 0 Å². The summed E-state index contributed by atoms with van der Waals surface area (Å²) in [5.74, 6) is -0.870. The van der Waals surface area contributed by atoms with Crippen molar-refractivity contribution >= 4 is 11.9 Å². The Labute approximate surface area is 81.9 Å². The summed E-state index contributed by atoms with van der Waals surface area (Å²) in [6.45, 7) is 0. The van der Waals surface area contributed by atoms with Crippen LogP contribution in [0.25, 0.3) is 0 Å². The lowest BCUT2D eigenvalue weighted by Crippen LogP contribution is -2.32. The first-order chi connectivity index (χ1) is 6.68.